The molecule has 1 amide bonds. The van der Waals surface area contributed by atoms with Crippen LogP contribution in [0.3, 0.4) is 0 Å². The Morgan fingerprint density at radius 1 is 1.21 bits per heavy atom. The molecule has 0 atom stereocenters. The van der Waals surface area contributed by atoms with Crippen molar-refractivity contribution in [2.24, 2.45) is 0 Å². The molecule has 1 heterocycles. The van der Waals surface area contributed by atoms with E-state index in [2.05, 4.69) is 15.5 Å². The van der Waals surface area contributed by atoms with E-state index in [0.717, 1.165) is 10.9 Å². The zero-order valence-electron chi connectivity index (χ0n) is 10.1. The fraction of sp³-hybridized carbons (Fsp3) is 0. The van der Waals surface area contributed by atoms with Gasteiger partial charge in [0.15, 0.2) is 0 Å². The molecule has 5 heteroatoms. The molecule has 94 valence electrons. The zero-order chi connectivity index (χ0) is 13.2. The van der Waals surface area contributed by atoms with Gasteiger partial charge in [-0.05, 0) is 30.3 Å². The maximum Gasteiger partial charge on any atom is 0.255 e. The molecule has 0 unspecified atom stereocenters. The molecule has 0 fully saturated rings. The first-order valence-electron chi connectivity index (χ1n) is 5.82. The third kappa shape index (κ3) is 2.26. The van der Waals surface area contributed by atoms with Crippen LogP contribution in [0.1, 0.15) is 10.4 Å². The second-order valence-electron chi connectivity index (χ2n) is 4.25. The SMILES string of the molecule is Nc1cccc(NC(=O)c2ccc3cn[nH]c3c2)c1. The molecule has 1 aromatic heterocycles. The number of fused-ring (bicyclic) bond motifs is 1. The van der Waals surface area contributed by atoms with Gasteiger partial charge >= 0.3 is 0 Å². The summed E-state index contributed by atoms with van der Waals surface area (Å²) in [5.41, 5.74) is 8.36. The lowest BCUT2D eigenvalue weighted by Gasteiger charge is -2.06. The highest BCUT2D eigenvalue weighted by Crippen LogP contribution is 2.16. The Balaban J connectivity index is 1.87. The molecule has 0 spiro atoms. The van der Waals surface area contributed by atoms with Gasteiger partial charge < -0.3 is 11.1 Å². The first-order valence-corrected chi connectivity index (χ1v) is 5.82. The number of H-pyrrole nitrogens is 1. The molecule has 3 rings (SSSR count). The van der Waals surface area contributed by atoms with Crippen LogP contribution in [0.15, 0.2) is 48.7 Å². The van der Waals surface area contributed by atoms with Crippen molar-refractivity contribution in [1.82, 2.24) is 10.2 Å². The standard InChI is InChI=1S/C14H12N4O/c15-11-2-1-3-12(7-11)17-14(19)9-4-5-10-8-16-18-13(10)6-9/h1-8H,15H2,(H,16,18)(H,17,19). The molecule has 19 heavy (non-hydrogen) atoms. The maximum absolute atomic E-state index is 12.1. The van der Waals surface area contributed by atoms with E-state index in [1.54, 1.807) is 42.6 Å². The number of carbonyl (C=O) groups is 1. The number of amides is 1. The number of nitrogens with two attached hydrogens (primary N) is 1. The molecule has 0 saturated carbocycles. The predicted octanol–water partition coefficient (Wildman–Crippen LogP) is 2.40. The molecule has 4 N–H and O–H groups in total. The van der Waals surface area contributed by atoms with Gasteiger partial charge in [0.05, 0.1) is 11.7 Å². The van der Waals surface area contributed by atoms with Gasteiger partial charge in [0.1, 0.15) is 0 Å². The van der Waals surface area contributed by atoms with Crippen molar-refractivity contribution < 1.29 is 4.79 Å². The van der Waals surface area contributed by atoms with Crippen LogP contribution in [0.25, 0.3) is 10.9 Å². The minimum absolute atomic E-state index is 0.179. The lowest BCUT2D eigenvalue weighted by Crippen LogP contribution is -2.11. The number of aromatic amines is 1. The predicted molar refractivity (Wildman–Crippen MR) is 74.9 cm³/mol. The summed E-state index contributed by atoms with van der Waals surface area (Å²) in [6, 6.07) is 12.5. The molecule has 5 nitrogen and oxygen atoms in total. The summed E-state index contributed by atoms with van der Waals surface area (Å²) < 4.78 is 0. The highest BCUT2D eigenvalue weighted by molar-refractivity contribution is 6.06. The molecular formula is C14H12N4O. The van der Waals surface area contributed by atoms with Crippen molar-refractivity contribution in [2.45, 2.75) is 0 Å². The van der Waals surface area contributed by atoms with E-state index < -0.39 is 0 Å². The van der Waals surface area contributed by atoms with Crippen molar-refractivity contribution in [1.29, 1.82) is 0 Å². The van der Waals surface area contributed by atoms with Crippen LogP contribution in [-0.4, -0.2) is 16.1 Å². The Bertz CT molecular complexity index is 748. The number of aromatic nitrogens is 2. The molecule has 0 bridgehead atoms. The number of hydrogen-bond donors (Lipinski definition) is 3. The third-order valence-corrected chi connectivity index (χ3v) is 2.85. The molecule has 0 aliphatic heterocycles. The summed E-state index contributed by atoms with van der Waals surface area (Å²) in [4.78, 5) is 12.1. The molecule has 0 aliphatic carbocycles. The van der Waals surface area contributed by atoms with Crippen molar-refractivity contribution >= 4 is 28.2 Å². The van der Waals surface area contributed by atoms with E-state index >= 15 is 0 Å². The van der Waals surface area contributed by atoms with Crippen molar-refractivity contribution in [3.8, 4) is 0 Å². The highest BCUT2D eigenvalue weighted by atomic mass is 16.1. The Morgan fingerprint density at radius 3 is 2.95 bits per heavy atom. The lowest BCUT2D eigenvalue weighted by atomic mass is 10.1. The minimum Gasteiger partial charge on any atom is -0.399 e. The van der Waals surface area contributed by atoms with E-state index in [1.807, 2.05) is 6.07 Å². The fourth-order valence-electron chi connectivity index (χ4n) is 1.90. The number of hydrogen-bond acceptors (Lipinski definition) is 3. The largest absolute Gasteiger partial charge is 0.399 e. The smallest absolute Gasteiger partial charge is 0.255 e. The zero-order valence-corrected chi connectivity index (χ0v) is 10.1. The van der Waals surface area contributed by atoms with Crippen molar-refractivity contribution in [3.05, 3.63) is 54.2 Å². The van der Waals surface area contributed by atoms with Gasteiger partial charge in [0.2, 0.25) is 0 Å². The molecule has 0 radical (unpaired) electrons. The summed E-state index contributed by atoms with van der Waals surface area (Å²) in [5, 5.41) is 10.5. The number of nitrogens with zero attached hydrogens (tertiary/aromatic N) is 1. The second-order valence-corrected chi connectivity index (χ2v) is 4.25. The average molecular weight is 252 g/mol. The van der Waals surface area contributed by atoms with E-state index in [-0.39, 0.29) is 5.91 Å². The Kier molecular flexibility index (Phi) is 2.64. The van der Waals surface area contributed by atoms with Gasteiger partial charge in [-0.15, -0.1) is 0 Å². The van der Waals surface area contributed by atoms with Crippen LogP contribution in [0.5, 0.6) is 0 Å². The topological polar surface area (TPSA) is 83.8 Å². The first-order chi connectivity index (χ1) is 9.22. The number of carbonyl (C=O) groups excluding carboxylic acids is 1. The first kappa shape index (κ1) is 11.3. The van der Waals surface area contributed by atoms with Crippen molar-refractivity contribution in [3.63, 3.8) is 0 Å². The van der Waals surface area contributed by atoms with Crippen LogP contribution in [0.2, 0.25) is 0 Å². The van der Waals surface area contributed by atoms with E-state index in [0.29, 0.717) is 16.9 Å². The van der Waals surface area contributed by atoms with E-state index in [1.165, 1.54) is 0 Å². The van der Waals surface area contributed by atoms with Gasteiger partial charge in [-0.2, -0.15) is 5.10 Å². The number of anilines is 2. The van der Waals surface area contributed by atoms with Gasteiger partial charge in [-0.1, -0.05) is 12.1 Å². The maximum atomic E-state index is 12.1. The van der Waals surface area contributed by atoms with E-state index in [9.17, 15) is 4.79 Å². The van der Waals surface area contributed by atoms with Crippen LogP contribution < -0.4 is 11.1 Å². The molecule has 0 aliphatic rings. The Morgan fingerprint density at radius 2 is 2.11 bits per heavy atom. The third-order valence-electron chi connectivity index (χ3n) is 2.85. The number of rotatable bonds is 2. The number of nitrogen functional groups attached to an aromatic ring is 1. The molecular weight excluding hydrogens is 240 g/mol. The highest BCUT2D eigenvalue weighted by Gasteiger charge is 2.07. The second kappa shape index (κ2) is 4.45. The quantitative estimate of drug-likeness (QED) is 0.612. The summed E-state index contributed by atoms with van der Waals surface area (Å²) in [7, 11) is 0. The lowest BCUT2D eigenvalue weighted by molar-refractivity contribution is 0.102. The van der Waals surface area contributed by atoms with Crippen LogP contribution in [0, 0.1) is 0 Å². The van der Waals surface area contributed by atoms with Crippen LogP contribution in [-0.2, 0) is 0 Å². The average Bonchev–Trinajstić information content (AvgIpc) is 2.85. The Hall–Kier alpha value is -2.82. The van der Waals surface area contributed by atoms with Gasteiger partial charge in [-0.3, -0.25) is 9.89 Å². The van der Waals surface area contributed by atoms with Crippen molar-refractivity contribution in [2.75, 3.05) is 11.1 Å². The summed E-state index contributed by atoms with van der Waals surface area (Å²) in [6.45, 7) is 0. The normalized spacial score (nSPS) is 10.5. The summed E-state index contributed by atoms with van der Waals surface area (Å²) in [5.74, 6) is -0.179. The summed E-state index contributed by atoms with van der Waals surface area (Å²) >= 11 is 0. The van der Waals surface area contributed by atoms with E-state index in [4.69, 9.17) is 5.73 Å². The van der Waals surface area contributed by atoms with Gasteiger partial charge in [0, 0.05) is 22.3 Å². The summed E-state index contributed by atoms with van der Waals surface area (Å²) in [6.07, 6.45) is 1.72. The monoisotopic (exact) mass is 252 g/mol. The Labute approximate surface area is 109 Å². The minimum atomic E-state index is -0.179. The number of benzene rings is 2. The van der Waals surface area contributed by atoms with Crippen LogP contribution in [0.4, 0.5) is 11.4 Å². The molecule has 3 aromatic rings. The van der Waals surface area contributed by atoms with Crippen LogP contribution >= 0.6 is 0 Å². The fourth-order valence-corrected chi connectivity index (χ4v) is 1.90. The molecule has 2 aromatic carbocycles. The molecule has 0 saturated heterocycles. The van der Waals surface area contributed by atoms with Gasteiger partial charge in [-0.25, -0.2) is 0 Å². The van der Waals surface area contributed by atoms with Gasteiger partial charge in [0.25, 0.3) is 5.91 Å². The number of nitrogens with one attached hydrogen (secondary N) is 2.